The van der Waals surface area contributed by atoms with Gasteiger partial charge in [-0.05, 0) is 98.1 Å². The molecule has 0 radical (unpaired) electrons. The van der Waals surface area contributed by atoms with Gasteiger partial charge >= 0.3 is 0 Å². The fraction of sp³-hybridized carbons (Fsp3) is 0.0156. The second-order valence-electron chi connectivity index (χ2n) is 17.8. The Morgan fingerprint density at radius 1 is 0.333 bits per heavy atom. The molecule has 322 valence electrons. The van der Waals surface area contributed by atoms with Crippen LogP contribution in [0.3, 0.4) is 0 Å². The molecule has 0 saturated carbocycles. The molecule has 0 saturated heterocycles. The first kappa shape index (κ1) is 39.4. The first-order valence-corrected chi connectivity index (χ1v) is 24.1. The van der Waals surface area contributed by atoms with Crippen molar-refractivity contribution in [2.75, 3.05) is 0 Å². The van der Waals surface area contributed by atoms with E-state index in [9.17, 15) is 0 Å². The van der Waals surface area contributed by atoms with Gasteiger partial charge in [-0.3, -0.25) is 0 Å². The number of hydrogen-bond donors (Lipinski definition) is 0. The Kier molecular flexibility index (Phi) is 8.95. The van der Waals surface area contributed by atoms with E-state index in [0.29, 0.717) is 17.5 Å². The third-order valence-electron chi connectivity index (χ3n) is 14.0. The Labute approximate surface area is 402 Å². The lowest BCUT2D eigenvalue weighted by molar-refractivity contribution is 0.669. The molecule has 13 aromatic rings. The molecule has 1 aliphatic carbocycles. The van der Waals surface area contributed by atoms with Crippen molar-refractivity contribution in [2.45, 2.75) is 5.41 Å². The third-order valence-corrected chi connectivity index (χ3v) is 15.2. The summed E-state index contributed by atoms with van der Waals surface area (Å²) in [6.07, 6.45) is 0. The molecule has 0 spiro atoms. The monoisotopic (exact) mass is 897 g/mol. The van der Waals surface area contributed by atoms with Gasteiger partial charge in [-0.2, -0.15) is 0 Å². The molecule has 14 rings (SSSR count). The van der Waals surface area contributed by atoms with Crippen molar-refractivity contribution in [3.05, 3.63) is 259 Å². The van der Waals surface area contributed by atoms with E-state index in [4.69, 9.17) is 19.4 Å². The molecular weight excluding hydrogens is 859 g/mol. The highest BCUT2D eigenvalue weighted by Gasteiger charge is 2.46. The van der Waals surface area contributed by atoms with Gasteiger partial charge < -0.3 is 4.42 Å². The number of hydrogen-bond acceptors (Lipinski definition) is 5. The van der Waals surface area contributed by atoms with Crippen LogP contribution in [0.1, 0.15) is 22.3 Å². The Balaban J connectivity index is 0.965. The van der Waals surface area contributed by atoms with Crippen molar-refractivity contribution in [1.82, 2.24) is 15.0 Å². The summed E-state index contributed by atoms with van der Waals surface area (Å²) in [7, 11) is 0. The van der Waals surface area contributed by atoms with Crippen LogP contribution in [0.4, 0.5) is 0 Å². The molecule has 4 nitrogen and oxygen atoms in total. The maximum Gasteiger partial charge on any atom is 0.164 e. The standard InChI is InChI=1S/C64H39N3OS/c1-4-16-40(17-5-1)41-30-32-42(33-31-41)61-65-62(44-35-37-58-51(39-44)48-22-11-13-29-57(48)69-58)67-63(66-61)50-25-15-28-56-60(50)52-38-43(34-36-55(52)68-56)47-24-14-27-54-59(47)49-23-10-12-26-53(49)64(54,45-18-6-2-7-19-45)46-20-8-3-9-21-46/h1-39H. The molecule has 0 amide bonds. The van der Waals surface area contributed by atoms with Crippen LogP contribution in [0.2, 0.25) is 0 Å². The summed E-state index contributed by atoms with van der Waals surface area (Å²) >= 11 is 1.81. The van der Waals surface area contributed by atoms with E-state index in [0.717, 1.165) is 55.3 Å². The zero-order valence-corrected chi connectivity index (χ0v) is 38.0. The van der Waals surface area contributed by atoms with Crippen LogP contribution in [0.15, 0.2) is 241 Å². The van der Waals surface area contributed by atoms with Crippen LogP contribution in [0, 0.1) is 0 Å². The fourth-order valence-electron chi connectivity index (χ4n) is 11.0. The SMILES string of the molecule is c1ccc(-c2ccc(-c3nc(-c4ccc5sc6ccccc6c5c4)nc(-c4cccc5oc6ccc(-c7cccc8c7-c7ccccc7C8(c7ccccc7)c7ccccc7)cc6c45)n3)cc2)cc1. The molecule has 5 heteroatoms. The number of aromatic nitrogens is 3. The quantitative estimate of drug-likeness (QED) is 0.160. The predicted octanol–water partition coefficient (Wildman–Crippen LogP) is 16.8. The van der Waals surface area contributed by atoms with Crippen LogP contribution < -0.4 is 0 Å². The van der Waals surface area contributed by atoms with Gasteiger partial charge in [-0.25, -0.2) is 15.0 Å². The van der Waals surface area contributed by atoms with Crippen molar-refractivity contribution in [3.8, 4) is 67.5 Å². The van der Waals surface area contributed by atoms with Gasteiger partial charge in [-0.15, -0.1) is 11.3 Å². The van der Waals surface area contributed by atoms with Gasteiger partial charge in [0.1, 0.15) is 11.2 Å². The summed E-state index contributed by atoms with van der Waals surface area (Å²) in [5.74, 6) is 1.80. The van der Waals surface area contributed by atoms with Gasteiger partial charge in [0.15, 0.2) is 17.5 Å². The van der Waals surface area contributed by atoms with E-state index >= 15 is 0 Å². The maximum atomic E-state index is 6.70. The van der Waals surface area contributed by atoms with Crippen molar-refractivity contribution < 1.29 is 4.42 Å². The highest BCUT2D eigenvalue weighted by molar-refractivity contribution is 7.25. The van der Waals surface area contributed by atoms with E-state index in [1.807, 2.05) is 18.2 Å². The average Bonchev–Trinajstić information content (AvgIpc) is 4.09. The molecule has 3 aromatic heterocycles. The summed E-state index contributed by atoms with van der Waals surface area (Å²) in [5.41, 5.74) is 15.9. The first-order valence-electron chi connectivity index (χ1n) is 23.3. The maximum absolute atomic E-state index is 6.70. The van der Waals surface area contributed by atoms with E-state index < -0.39 is 5.41 Å². The van der Waals surface area contributed by atoms with E-state index in [-0.39, 0.29) is 0 Å². The molecule has 0 unspecified atom stereocenters. The van der Waals surface area contributed by atoms with E-state index in [2.05, 4.69) is 218 Å². The smallest absolute Gasteiger partial charge is 0.164 e. The number of fused-ring (bicyclic) bond motifs is 9. The molecule has 0 atom stereocenters. The summed E-state index contributed by atoms with van der Waals surface area (Å²) in [6.45, 7) is 0. The Hall–Kier alpha value is -8.77. The molecule has 3 heterocycles. The molecular formula is C64H39N3OS. The fourth-order valence-corrected chi connectivity index (χ4v) is 12.1. The van der Waals surface area contributed by atoms with Crippen molar-refractivity contribution in [2.24, 2.45) is 0 Å². The minimum atomic E-state index is -0.499. The second-order valence-corrected chi connectivity index (χ2v) is 18.9. The number of rotatable bonds is 7. The van der Waals surface area contributed by atoms with Gasteiger partial charge in [-0.1, -0.05) is 194 Å². The Morgan fingerprint density at radius 2 is 0.884 bits per heavy atom. The van der Waals surface area contributed by atoms with E-state index in [1.54, 1.807) is 11.3 Å². The molecule has 69 heavy (non-hydrogen) atoms. The van der Waals surface area contributed by atoms with E-state index in [1.165, 1.54) is 59.1 Å². The van der Waals surface area contributed by atoms with Crippen LogP contribution in [-0.4, -0.2) is 15.0 Å². The van der Waals surface area contributed by atoms with Crippen LogP contribution in [0.25, 0.3) is 110 Å². The molecule has 0 bridgehead atoms. The molecule has 10 aromatic carbocycles. The zero-order valence-electron chi connectivity index (χ0n) is 37.2. The number of nitrogens with zero attached hydrogens (tertiary/aromatic N) is 3. The van der Waals surface area contributed by atoms with Crippen LogP contribution in [-0.2, 0) is 5.41 Å². The highest BCUT2D eigenvalue weighted by atomic mass is 32.1. The number of thiophene rings is 1. The predicted molar refractivity (Wildman–Crippen MR) is 284 cm³/mol. The van der Waals surface area contributed by atoms with Crippen LogP contribution >= 0.6 is 11.3 Å². The van der Waals surface area contributed by atoms with Gasteiger partial charge in [0.2, 0.25) is 0 Å². The summed E-state index contributed by atoms with van der Waals surface area (Å²) in [6, 6.07) is 84.6. The largest absolute Gasteiger partial charge is 0.456 e. The average molecular weight is 898 g/mol. The van der Waals surface area contributed by atoms with Gasteiger partial charge in [0, 0.05) is 47.6 Å². The molecule has 0 fully saturated rings. The molecule has 0 aliphatic heterocycles. The normalized spacial score (nSPS) is 12.8. The Bertz CT molecular complexity index is 4080. The zero-order chi connectivity index (χ0) is 45.5. The summed E-state index contributed by atoms with van der Waals surface area (Å²) in [4.78, 5) is 15.9. The third kappa shape index (κ3) is 6.18. The van der Waals surface area contributed by atoms with Crippen molar-refractivity contribution in [1.29, 1.82) is 0 Å². The minimum Gasteiger partial charge on any atom is -0.456 e. The molecule has 0 N–H and O–H groups in total. The highest BCUT2D eigenvalue weighted by Crippen LogP contribution is 2.58. The lowest BCUT2D eigenvalue weighted by Gasteiger charge is -2.34. The number of furan rings is 1. The van der Waals surface area contributed by atoms with Crippen LogP contribution in [0.5, 0.6) is 0 Å². The first-order chi connectivity index (χ1) is 34.2. The topological polar surface area (TPSA) is 51.8 Å². The minimum absolute atomic E-state index is 0.499. The number of benzene rings is 10. The molecule has 1 aliphatic rings. The Morgan fingerprint density at radius 3 is 1.68 bits per heavy atom. The lowest BCUT2D eigenvalue weighted by Crippen LogP contribution is -2.28. The van der Waals surface area contributed by atoms with Crippen molar-refractivity contribution in [3.63, 3.8) is 0 Å². The second kappa shape index (κ2) is 15.7. The van der Waals surface area contributed by atoms with Gasteiger partial charge in [0.05, 0.1) is 5.41 Å². The summed E-state index contributed by atoms with van der Waals surface area (Å²) < 4.78 is 9.19. The van der Waals surface area contributed by atoms with Crippen molar-refractivity contribution >= 4 is 53.4 Å². The van der Waals surface area contributed by atoms with Gasteiger partial charge in [0.25, 0.3) is 0 Å². The lowest BCUT2D eigenvalue weighted by atomic mass is 9.67. The summed E-state index contributed by atoms with van der Waals surface area (Å²) in [5, 5.41) is 4.39.